The van der Waals surface area contributed by atoms with Gasteiger partial charge in [0, 0.05) is 18.6 Å². The zero-order chi connectivity index (χ0) is 8.06. The number of fused-ring (bicyclic) bond motifs is 1. The Hall–Kier alpha value is -0.0800. The van der Waals surface area contributed by atoms with Crippen molar-refractivity contribution in [3.63, 3.8) is 0 Å². The van der Waals surface area contributed by atoms with E-state index in [1.165, 1.54) is 19.6 Å². The number of nitrogens with zero attached hydrogens (tertiary/aromatic N) is 1. The molecule has 0 aromatic carbocycles. The molecule has 0 amide bonds. The van der Waals surface area contributed by atoms with Crippen molar-refractivity contribution >= 4 is 0 Å². The quantitative estimate of drug-likeness (QED) is 0.548. The molecule has 0 saturated carbocycles. The maximum Gasteiger partial charge on any atom is 0.0194 e. The Morgan fingerprint density at radius 1 is 1.36 bits per heavy atom. The fourth-order valence-corrected chi connectivity index (χ4v) is 2.62. The van der Waals surface area contributed by atoms with Crippen molar-refractivity contribution in [2.24, 2.45) is 11.8 Å². The highest BCUT2D eigenvalue weighted by atomic mass is 15.2. The summed E-state index contributed by atoms with van der Waals surface area (Å²) in [5.74, 6) is 1.79. The number of rotatable bonds is 0. The Balaban J connectivity index is 2.20. The fourth-order valence-electron chi connectivity index (χ4n) is 2.62. The smallest absolute Gasteiger partial charge is 0.0194 e. The second kappa shape index (κ2) is 2.20. The summed E-state index contributed by atoms with van der Waals surface area (Å²) in [6.07, 6.45) is 0. The Kier molecular flexibility index (Phi) is 1.52. The first-order valence-electron chi connectivity index (χ1n) is 4.54. The minimum absolute atomic E-state index is 0.425. The molecule has 1 N–H and O–H groups in total. The van der Waals surface area contributed by atoms with E-state index in [4.69, 9.17) is 0 Å². The summed E-state index contributed by atoms with van der Waals surface area (Å²) < 4.78 is 0. The van der Waals surface area contributed by atoms with Gasteiger partial charge in [-0.1, -0.05) is 0 Å². The molecule has 0 aliphatic carbocycles. The summed E-state index contributed by atoms with van der Waals surface area (Å²) in [6.45, 7) is 8.47. The maximum absolute atomic E-state index is 3.47. The van der Waals surface area contributed by atoms with Crippen LogP contribution in [-0.2, 0) is 0 Å². The zero-order valence-electron chi connectivity index (χ0n) is 7.72. The predicted octanol–water partition coefficient (Wildman–Crippen LogP) is 0.546. The van der Waals surface area contributed by atoms with Crippen molar-refractivity contribution in [3.05, 3.63) is 0 Å². The molecular formula is C9H18N2. The van der Waals surface area contributed by atoms with Crippen molar-refractivity contribution < 1.29 is 0 Å². The van der Waals surface area contributed by atoms with Gasteiger partial charge in [-0.3, -0.25) is 0 Å². The van der Waals surface area contributed by atoms with Gasteiger partial charge in [0.05, 0.1) is 0 Å². The van der Waals surface area contributed by atoms with Crippen LogP contribution in [0.2, 0.25) is 0 Å². The SMILES string of the molecule is CN1C[C@H]2CNC[C@H]2C1(C)C. The Morgan fingerprint density at radius 2 is 2.09 bits per heavy atom. The molecule has 0 aromatic heterocycles. The molecule has 0 aromatic rings. The van der Waals surface area contributed by atoms with Gasteiger partial charge in [0.1, 0.15) is 0 Å². The summed E-state index contributed by atoms with van der Waals surface area (Å²) in [5.41, 5.74) is 0.425. The molecule has 2 rings (SSSR count). The average Bonchev–Trinajstić information content (AvgIpc) is 2.41. The lowest BCUT2D eigenvalue weighted by atomic mass is 9.85. The largest absolute Gasteiger partial charge is 0.316 e. The van der Waals surface area contributed by atoms with Crippen molar-refractivity contribution in [1.82, 2.24) is 10.2 Å². The number of hydrogen-bond donors (Lipinski definition) is 1. The molecule has 2 aliphatic heterocycles. The van der Waals surface area contributed by atoms with Crippen molar-refractivity contribution in [2.75, 3.05) is 26.7 Å². The lowest BCUT2D eigenvalue weighted by Gasteiger charge is -2.32. The van der Waals surface area contributed by atoms with Gasteiger partial charge in [-0.25, -0.2) is 0 Å². The third-order valence-corrected chi connectivity index (χ3v) is 3.74. The summed E-state index contributed by atoms with van der Waals surface area (Å²) in [6, 6.07) is 0. The lowest BCUT2D eigenvalue weighted by Crippen LogP contribution is -2.41. The molecule has 0 unspecified atom stereocenters. The summed E-state index contributed by atoms with van der Waals surface area (Å²) in [7, 11) is 2.25. The van der Waals surface area contributed by atoms with Gasteiger partial charge >= 0.3 is 0 Å². The van der Waals surface area contributed by atoms with E-state index in [-0.39, 0.29) is 0 Å². The van der Waals surface area contributed by atoms with E-state index in [9.17, 15) is 0 Å². The highest BCUT2D eigenvalue weighted by Gasteiger charge is 2.47. The molecular weight excluding hydrogens is 136 g/mol. The normalized spacial score (nSPS) is 42.8. The molecule has 2 heterocycles. The van der Waals surface area contributed by atoms with E-state index in [0.717, 1.165) is 11.8 Å². The third-order valence-electron chi connectivity index (χ3n) is 3.74. The lowest BCUT2D eigenvalue weighted by molar-refractivity contribution is 0.174. The monoisotopic (exact) mass is 154 g/mol. The predicted molar refractivity (Wildman–Crippen MR) is 46.6 cm³/mol. The molecule has 0 spiro atoms. The maximum atomic E-state index is 3.47. The van der Waals surface area contributed by atoms with Crippen LogP contribution in [0.25, 0.3) is 0 Å². The van der Waals surface area contributed by atoms with Crippen LogP contribution < -0.4 is 5.32 Å². The van der Waals surface area contributed by atoms with Crippen molar-refractivity contribution in [1.29, 1.82) is 0 Å². The second-order valence-corrected chi connectivity index (χ2v) is 4.56. The van der Waals surface area contributed by atoms with Gasteiger partial charge in [-0.05, 0) is 39.3 Å². The van der Waals surface area contributed by atoms with E-state index in [1.54, 1.807) is 0 Å². The van der Waals surface area contributed by atoms with E-state index < -0.39 is 0 Å². The van der Waals surface area contributed by atoms with Gasteiger partial charge < -0.3 is 10.2 Å². The fraction of sp³-hybridized carbons (Fsp3) is 1.00. The van der Waals surface area contributed by atoms with E-state index in [2.05, 4.69) is 31.1 Å². The average molecular weight is 154 g/mol. The Bertz CT molecular complexity index is 165. The van der Waals surface area contributed by atoms with Gasteiger partial charge in [0.25, 0.3) is 0 Å². The Morgan fingerprint density at radius 3 is 2.73 bits per heavy atom. The van der Waals surface area contributed by atoms with Crippen LogP contribution in [0.4, 0.5) is 0 Å². The van der Waals surface area contributed by atoms with Crippen LogP contribution in [0.5, 0.6) is 0 Å². The third kappa shape index (κ3) is 0.926. The molecule has 2 nitrogen and oxygen atoms in total. The van der Waals surface area contributed by atoms with E-state index in [0.29, 0.717) is 5.54 Å². The van der Waals surface area contributed by atoms with Crippen LogP contribution >= 0.6 is 0 Å². The standard InChI is InChI=1S/C9H18N2/c1-9(2)8-5-10-4-7(8)6-11(9)3/h7-8,10H,4-6H2,1-3H3/t7-,8-/m1/s1. The number of hydrogen-bond acceptors (Lipinski definition) is 2. The first-order chi connectivity index (χ1) is 5.12. The van der Waals surface area contributed by atoms with Gasteiger partial charge in [0.2, 0.25) is 0 Å². The van der Waals surface area contributed by atoms with Crippen LogP contribution in [0.15, 0.2) is 0 Å². The molecule has 0 bridgehead atoms. The summed E-state index contributed by atoms with van der Waals surface area (Å²) >= 11 is 0. The highest BCUT2D eigenvalue weighted by molar-refractivity contribution is 5.03. The van der Waals surface area contributed by atoms with Crippen LogP contribution in [0.1, 0.15) is 13.8 Å². The minimum atomic E-state index is 0.425. The first-order valence-corrected chi connectivity index (χ1v) is 4.54. The van der Waals surface area contributed by atoms with Crippen molar-refractivity contribution in [3.8, 4) is 0 Å². The molecule has 0 radical (unpaired) electrons. The second-order valence-electron chi connectivity index (χ2n) is 4.56. The molecule has 64 valence electrons. The molecule has 2 aliphatic rings. The Labute approximate surface area is 69.0 Å². The molecule has 2 fully saturated rings. The molecule has 11 heavy (non-hydrogen) atoms. The summed E-state index contributed by atoms with van der Waals surface area (Å²) in [5, 5.41) is 3.47. The molecule has 2 heteroatoms. The van der Waals surface area contributed by atoms with Gasteiger partial charge in [-0.15, -0.1) is 0 Å². The minimum Gasteiger partial charge on any atom is -0.316 e. The van der Waals surface area contributed by atoms with Crippen LogP contribution in [0, 0.1) is 11.8 Å². The topological polar surface area (TPSA) is 15.3 Å². The van der Waals surface area contributed by atoms with Crippen molar-refractivity contribution in [2.45, 2.75) is 19.4 Å². The van der Waals surface area contributed by atoms with Gasteiger partial charge in [-0.2, -0.15) is 0 Å². The first kappa shape index (κ1) is 7.56. The number of likely N-dealkylation sites (tertiary alicyclic amines) is 1. The van der Waals surface area contributed by atoms with Gasteiger partial charge in [0.15, 0.2) is 0 Å². The van der Waals surface area contributed by atoms with Crippen LogP contribution in [-0.4, -0.2) is 37.1 Å². The van der Waals surface area contributed by atoms with E-state index >= 15 is 0 Å². The highest BCUT2D eigenvalue weighted by Crippen LogP contribution is 2.39. The summed E-state index contributed by atoms with van der Waals surface area (Å²) in [4.78, 5) is 2.50. The van der Waals surface area contributed by atoms with Crippen LogP contribution in [0.3, 0.4) is 0 Å². The van der Waals surface area contributed by atoms with E-state index in [1.807, 2.05) is 0 Å². The molecule has 2 saturated heterocycles. The number of nitrogens with one attached hydrogen (secondary N) is 1. The molecule has 2 atom stereocenters. The zero-order valence-corrected chi connectivity index (χ0v) is 7.72.